The molecule has 0 aliphatic heterocycles. The lowest BCUT2D eigenvalue weighted by atomic mass is 10.1. The van der Waals surface area contributed by atoms with Crippen LogP contribution in [0.5, 0.6) is 0 Å². The Morgan fingerprint density at radius 3 is 2.50 bits per heavy atom. The van der Waals surface area contributed by atoms with Crippen molar-refractivity contribution in [3.8, 4) is 0 Å². The van der Waals surface area contributed by atoms with Crippen LogP contribution in [-0.4, -0.2) is 25.5 Å². The number of sulfonamides is 1. The molecule has 7 heteroatoms. The van der Waals surface area contributed by atoms with Crippen molar-refractivity contribution in [1.82, 2.24) is 4.72 Å². The van der Waals surface area contributed by atoms with E-state index in [0.29, 0.717) is 0 Å². The van der Waals surface area contributed by atoms with Crippen LogP contribution in [0.3, 0.4) is 0 Å². The monoisotopic (exact) mass is 263 g/mol. The highest BCUT2D eigenvalue weighted by Crippen LogP contribution is 2.14. The fraction of sp³-hybridized carbons (Fsp3) is 0.444. The van der Waals surface area contributed by atoms with Crippen LogP contribution in [0, 0.1) is 5.92 Å². The summed E-state index contributed by atoms with van der Waals surface area (Å²) in [7, 11) is -3.73. The van der Waals surface area contributed by atoms with Crippen LogP contribution < -0.4 is 4.72 Å². The number of rotatable bonds is 5. The van der Waals surface area contributed by atoms with Crippen LogP contribution in [0.25, 0.3) is 0 Å². The maximum Gasteiger partial charge on any atom is 0.322 e. The maximum absolute atomic E-state index is 11.7. The second kappa shape index (κ2) is 4.94. The van der Waals surface area contributed by atoms with Crippen molar-refractivity contribution in [2.24, 2.45) is 5.92 Å². The van der Waals surface area contributed by atoms with E-state index < -0.39 is 22.0 Å². The summed E-state index contributed by atoms with van der Waals surface area (Å²) in [5.41, 5.74) is 0. The first kappa shape index (κ1) is 13.1. The average Bonchev–Trinajstić information content (AvgIpc) is 2.66. The van der Waals surface area contributed by atoms with Gasteiger partial charge in [0.2, 0.25) is 10.0 Å². The number of carboxylic acid groups (broad SMARTS) is 1. The van der Waals surface area contributed by atoms with E-state index >= 15 is 0 Å². The molecule has 5 nitrogen and oxygen atoms in total. The predicted molar refractivity (Wildman–Crippen MR) is 60.9 cm³/mol. The summed E-state index contributed by atoms with van der Waals surface area (Å²) >= 11 is 1.24. The molecule has 0 unspecified atom stereocenters. The molecule has 16 heavy (non-hydrogen) atoms. The smallest absolute Gasteiger partial charge is 0.322 e. The molecule has 1 rings (SSSR count). The minimum absolute atomic E-state index is 0.101. The highest BCUT2D eigenvalue weighted by molar-refractivity contribution is 7.89. The van der Waals surface area contributed by atoms with E-state index in [-0.39, 0.29) is 10.8 Å². The van der Waals surface area contributed by atoms with Crippen LogP contribution in [0.2, 0.25) is 0 Å². The second-order valence-electron chi connectivity index (χ2n) is 3.64. The number of carboxylic acids is 1. The number of nitrogens with one attached hydrogen (secondary N) is 1. The van der Waals surface area contributed by atoms with Crippen molar-refractivity contribution < 1.29 is 18.3 Å². The van der Waals surface area contributed by atoms with Crippen molar-refractivity contribution in [3.63, 3.8) is 0 Å². The van der Waals surface area contributed by atoms with E-state index in [4.69, 9.17) is 5.11 Å². The van der Waals surface area contributed by atoms with Crippen LogP contribution in [0.4, 0.5) is 0 Å². The van der Waals surface area contributed by atoms with Crippen LogP contribution in [0.1, 0.15) is 13.8 Å². The largest absolute Gasteiger partial charge is 0.480 e. The summed E-state index contributed by atoms with van der Waals surface area (Å²) in [6.45, 7) is 3.30. The molecule has 1 heterocycles. The lowest BCUT2D eigenvalue weighted by Crippen LogP contribution is -2.44. The van der Waals surface area contributed by atoms with Crippen molar-refractivity contribution in [1.29, 1.82) is 0 Å². The standard InChI is InChI=1S/C9H13NO4S2/c1-6(2)8(9(11)12)10-16(13,14)7-3-4-15-5-7/h3-6,8,10H,1-2H3,(H,11,12)/t8-/m0/s1. The van der Waals surface area contributed by atoms with Gasteiger partial charge in [-0.2, -0.15) is 16.1 Å². The van der Waals surface area contributed by atoms with Crippen molar-refractivity contribution in [2.45, 2.75) is 24.8 Å². The normalized spacial score (nSPS) is 13.9. The molecule has 1 atom stereocenters. The van der Waals surface area contributed by atoms with Gasteiger partial charge in [-0.15, -0.1) is 0 Å². The molecule has 0 saturated heterocycles. The summed E-state index contributed by atoms with van der Waals surface area (Å²) in [5, 5.41) is 12.0. The van der Waals surface area contributed by atoms with Gasteiger partial charge in [0.05, 0.1) is 4.90 Å². The third-order valence-corrected chi connectivity index (χ3v) is 4.29. The lowest BCUT2D eigenvalue weighted by molar-refractivity contribution is -0.140. The van der Waals surface area contributed by atoms with Crippen molar-refractivity contribution >= 4 is 27.3 Å². The molecule has 0 spiro atoms. The summed E-state index contributed by atoms with van der Waals surface area (Å²) in [6.07, 6.45) is 0. The maximum atomic E-state index is 11.7. The van der Waals surface area contributed by atoms with Crippen molar-refractivity contribution in [2.75, 3.05) is 0 Å². The summed E-state index contributed by atoms with van der Waals surface area (Å²) in [6, 6.07) is 0.330. The van der Waals surface area contributed by atoms with E-state index in [1.165, 1.54) is 22.8 Å². The number of carbonyl (C=O) groups is 1. The Bertz CT molecular complexity index is 450. The van der Waals surface area contributed by atoms with Gasteiger partial charge in [0.25, 0.3) is 0 Å². The van der Waals surface area contributed by atoms with Crippen LogP contribution in [0.15, 0.2) is 21.7 Å². The number of thiophene rings is 1. The minimum Gasteiger partial charge on any atom is -0.480 e. The molecule has 1 aromatic rings. The Morgan fingerprint density at radius 1 is 1.50 bits per heavy atom. The van der Waals surface area contributed by atoms with Gasteiger partial charge in [-0.3, -0.25) is 4.79 Å². The van der Waals surface area contributed by atoms with Gasteiger partial charge >= 0.3 is 5.97 Å². The van der Waals surface area contributed by atoms with E-state index in [0.717, 1.165) is 0 Å². The molecular formula is C9H13NO4S2. The van der Waals surface area contributed by atoms with E-state index in [1.54, 1.807) is 19.2 Å². The molecule has 90 valence electrons. The molecule has 0 aliphatic carbocycles. The van der Waals surface area contributed by atoms with Crippen LogP contribution in [-0.2, 0) is 14.8 Å². The molecule has 0 bridgehead atoms. The SMILES string of the molecule is CC(C)[C@H](NS(=O)(=O)c1ccsc1)C(=O)O. The van der Waals surface area contributed by atoms with Gasteiger partial charge in [-0.25, -0.2) is 8.42 Å². The first-order chi connectivity index (χ1) is 7.34. The summed E-state index contributed by atoms with van der Waals surface area (Å²) in [4.78, 5) is 11.0. The lowest BCUT2D eigenvalue weighted by Gasteiger charge is -2.17. The molecule has 0 amide bonds. The second-order valence-corrected chi connectivity index (χ2v) is 6.13. The zero-order valence-corrected chi connectivity index (χ0v) is 10.5. The van der Waals surface area contributed by atoms with Gasteiger partial charge in [-0.05, 0) is 17.4 Å². The van der Waals surface area contributed by atoms with Gasteiger partial charge < -0.3 is 5.11 Å². The van der Waals surface area contributed by atoms with E-state index in [2.05, 4.69) is 4.72 Å². The van der Waals surface area contributed by atoms with Gasteiger partial charge in [0.1, 0.15) is 6.04 Å². The Kier molecular flexibility index (Phi) is 4.06. The minimum atomic E-state index is -3.73. The summed E-state index contributed by atoms with van der Waals surface area (Å²) in [5.74, 6) is -1.49. The molecule has 0 aromatic carbocycles. The van der Waals surface area contributed by atoms with Crippen molar-refractivity contribution in [3.05, 3.63) is 16.8 Å². The van der Waals surface area contributed by atoms with E-state index in [1.807, 2.05) is 0 Å². The van der Waals surface area contributed by atoms with Gasteiger partial charge in [-0.1, -0.05) is 13.8 Å². The Morgan fingerprint density at radius 2 is 2.12 bits per heavy atom. The fourth-order valence-corrected chi connectivity index (χ4v) is 3.48. The first-order valence-electron chi connectivity index (χ1n) is 4.62. The summed E-state index contributed by atoms with van der Waals surface area (Å²) < 4.78 is 25.7. The van der Waals surface area contributed by atoms with E-state index in [9.17, 15) is 13.2 Å². The Balaban J connectivity index is 2.92. The molecule has 2 N–H and O–H groups in total. The highest BCUT2D eigenvalue weighted by Gasteiger charge is 2.27. The zero-order chi connectivity index (χ0) is 12.3. The molecular weight excluding hydrogens is 250 g/mol. The highest BCUT2D eigenvalue weighted by atomic mass is 32.2. The molecule has 0 aliphatic rings. The topological polar surface area (TPSA) is 83.5 Å². The quantitative estimate of drug-likeness (QED) is 0.834. The number of aliphatic carboxylic acids is 1. The Hall–Kier alpha value is -0.920. The third kappa shape index (κ3) is 3.03. The molecule has 0 fully saturated rings. The predicted octanol–water partition coefficient (Wildman–Crippen LogP) is 1.14. The number of hydrogen-bond donors (Lipinski definition) is 2. The van der Waals surface area contributed by atoms with Gasteiger partial charge in [0, 0.05) is 5.38 Å². The fourth-order valence-electron chi connectivity index (χ4n) is 1.11. The molecule has 0 saturated carbocycles. The molecule has 0 radical (unpaired) electrons. The Labute approximate surface area is 98.2 Å². The first-order valence-corrected chi connectivity index (χ1v) is 7.04. The average molecular weight is 263 g/mol. The molecule has 1 aromatic heterocycles. The van der Waals surface area contributed by atoms with Crippen LogP contribution >= 0.6 is 11.3 Å². The zero-order valence-electron chi connectivity index (χ0n) is 8.88. The van der Waals surface area contributed by atoms with Gasteiger partial charge in [0.15, 0.2) is 0 Å². The third-order valence-electron chi connectivity index (χ3n) is 2.02. The number of hydrogen-bond acceptors (Lipinski definition) is 4.